The van der Waals surface area contributed by atoms with Crippen LogP contribution >= 0.6 is 11.6 Å². The Labute approximate surface area is 112 Å². The first kappa shape index (κ1) is 13.8. The van der Waals surface area contributed by atoms with Crippen LogP contribution in [0.3, 0.4) is 0 Å². The zero-order valence-electron chi connectivity index (χ0n) is 11.0. The number of pyridine rings is 1. The lowest BCUT2D eigenvalue weighted by Gasteiger charge is -2.32. The van der Waals surface area contributed by atoms with Crippen LogP contribution in [-0.4, -0.2) is 28.4 Å². The number of halogens is 1. The molecule has 1 aromatic heterocycles. The highest BCUT2D eigenvalue weighted by atomic mass is 35.5. The SMILES string of the molecule is CC1(C)OB(c2cc(Cl)cnc2CO)OC1(C)C. The predicted molar refractivity (Wildman–Crippen MR) is 70.9 cm³/mol. The van der Waals surface area contributed by atoms with Gasteiger partial charge in [-0.3, -0.25) is 4.98 Å². The fourth-order valence-corrected chi connectivity index (χ4v) is 1.96. The number of hydrogen-bond donors (Lipinski definition) is 1. The summed E-state index contributed by atoms with van der Waals surface area (Å²) in [6.45, 7) is 7.73. The van der Waals surface area contributed by atoms with E-state index in [9.17, 15) is 5.11 Å². The molecule has 2 rings (SSSR count). The van der Waals surface area contributed by atoms with E-state index in [0.717, 1.165) is 0 Å². The molecule has 0 unspecified atom stereocenters. The lowest BCUT2D eigenvalue weighted by Crippen LogP contribution is -2.41. The van der Waals surface area contributed by atoms with Gasteiger partial charge in [0.1, 0.15) is 0 Å². The molecule has 0 spiro atoms. The summed E-state index contributed by atoms with van der Waals surface area (Å²) in [4.78, 5) is 4.09. The normalized spacial score (nSPS) is 21.3. The van der Waals surface area contributed by atoms with Crippen molar-refractivity contribution < 1.29 is 14.4 Å². The molecule has 0 atom stereocenters. The third-order valence-corrected chi connectivity index (χ3v) is 3.83. The van der Waals surface area contributed by atoms with Crippen LogP contribution in [0, 0.1) is 0 Å². The largest absolute Gasteiger partial charge is 0.496 e. The minimum Gasteiger partial charge on any atom is -0.399 e. The summed E-state index contributed by atoms with van der Waals surface area (Å²) < 4.78 is 11.8. The minimum atomic E-state index is -0.552. The molecule has 4 nitrogen and oxygen atoms in total. The molecule has 98 valence electrons. The average molecular weight is 270 g/mol. The smallest absolute Gasteiger partial charge is 0.399 e. The summed E-state index contributed by atoms with van der Waals surface area (Å²) in [6.07, 6.45) is 1.50. The summed E-state index contributed by atoms with van der Waals surface area (Å²) in [6, 6.07) is 1.72. The molecule has 0 aromatic carbocycles. The van der Waals surface area contributed by atoms with Crippen molar-refractivity contribution in [2.24, 2.45) is 0 Å². The van der Waals surface area contributed by atoms with Crippen LogP contribution < -0.4 is 5.46 Å². The Kier molecular flexibility index (Phi) is 3.45. The maximum Gasteiger partial charge on any atom is 0.496 e. The highest BCUT2D eigenvalue weighted by Crippen LogP contribution is 2.36. The monoisotopic (exact) mass is 269 g/mol. The Balaban J connectivity index is 2.37. The topological polar surface area (TPSA) is 51.6 Å². The number of aliphatic hydroxyl groups is 1. The number of rotatable bonds is 2. The van der Waals surface area contributed by atoms with Gasteiger partial charge in [0.15, 0.2) is 0 Å². The lowest BCUT2D eigenvalue weighted by atomic mass is 9.78. The summed E-state index contributed by atoms with van der Waals surface area (Å²) in [7, 11) is -0.552. The molecule has 6 heteroatoms. The van der Waals surface area contributed by atoms with Gasteiger partial charge in [-0.25, -0.2) is 0 Å². The van der Waals surface area contributed by atoms with Gasteiger partial charge in [-0.05, 0) is 33.8 Å². The molecular formula is C12H17BClNO3. The Morgan fingerprint density at radius 3 is 2.33 bits per heavy atom. The zero-order valence-corrected chi connectivity index (χ0v) is 11.8. The van der Waals surface area contributed by atoms with Crippen LogP contribution in [0.15, 0.2) is 12.3 Å². The van der Waals surface area contributed by atoms with Gasteiger partial charge < -0.3 is 14.4 Å². The second-order valence-corrected chi connectivity index (χ2v) is 5.87. The van der Waals surface area contributed by atoms with Crippen LogP contribution in [0.1, 0.15) is 33.4 Å². The number of nitrogens with zero attached hydrogens (tertiary/aromatic N) is 1. The third-order valence-electron chi connectivity index (χ3n) is 3.63. The number of aromatic nitrogens is 1. The summed E-state index contributed by atoms with van der Waals surface area (Å²) in [5.41, 5.74) is 0.362. The van der Waals surface area contributed by atoms with Gasteiger partial charge in [0.05, 0.1) is 28.5 Å². The Hall–Kier alpha value is -0.615. The molecule has 0 amide bonds. The predicted octanol–water partition coefficient (Wildman–Crippen LogP) is 1.53. The maximum atomic E-state index is 9.31. The van der Waals surface area contributed by atoms with E-state index >= 15 is 0 Å². The standard InChI is InChI=1S/C12H17BClNO3/c1-11(2)12(3,4)18-13(17-11)9-5-8(14)6-15-10(9)7-16/h5-6,16H,7H2,1-4H3. The van der Waals surface area contributed by atoms with E-state index in [1.165, 1.54) is 6.20 Å². The van der Waals surface area contributed by atoms with Crippen molar-refractivity contribution in [3.05, 3.63) is 23.0 Å². The molecule has 0 bridgehead atoms. The number of hydrogen-bond acceptors (Lipinski definition) is 4. The number of aliphatic hydroxyl groups excluding tert-OH is 1. The molecule has 1 fully saturated rings. The van der Waals surface area contributed by atoms with Crippen LogP contribution in [0.5, 0.6) is 0 Å². The van der Waals surface area contributed by atoms with Gasteiger partial charge in [-0.15, -0.1) is 0 Å². The third kappa shape index (κ3) is 2.28. The first-order chi connectivity index (χ1) is 8.27. The van der Waals surface area contributed by atoms with Crippen molar-refractivity contribution in [3.63, 3.8) is 0 Å². The van der Waals surface area contributed by atoms with E-state index in [2.05, 4.69) is 4.98 Å². The molecule has 1 aliphatic heterocycles. The average Bonchev–Trinajstić information content (AvgIpc) is 2.48. The van der Waals surface area contributed by atoms with Crippen molar-refractivity contribution in [3.8, 4) is 0 Å². The highest BCUT2D eigenvalue weighted by Gasteiger charge is 2.52. The Bertz CT molecular complexity index is 449. The van der Waals surface area contributed by atoms with Crippen molar-refractivity contribution in [2.75, 3.05) is 0 Å². The van der Waals surface area contributed by atoms with Gasteiger partial charge in [0.2, 0.25) is 0 Å². The summed E-state index contributed by atoms with van der Waals surface area (Å²) in [5.74, 6) is 0. The molecule has 1 aromatic rings. The fourth-order valence-electron chi connectivity index (χ4n) is 1.79. The van der Waals surface area contributed by atoms with Crippen LogP contribution in [0.25, 0.3) is 0 Å². The fraction of sp³-hybridized carbons (Fsp3) is 0.583. The van der Waals surface area contributed by atoms with Gasteiger partial charge in [-0.2, -0.15) is 0 Å². The van der Waals surface area contributed by atoms with Gasteiger partial charge in [0.25, 0.3) is 0 Å². The van der Waals surface area contributed by atoms with Crippen LogP contribution in [-0.2, 0) is 15.9 Å². The molecule has 0 aliphatic carbocycles. The summed E-state index contributed by atoms with van der Waals surface area (Å²) in [5, 5.41) is 9.81. The lowest BCUT2D eigenvalue weighted by molar-refractivity contribution is 0.00578. The van der Waals surface area contributed by atoms with E-state index in [0.29, 0.717) is 16.2 Å². The first-order valence-corrected chi connectivity index (χ1v) is 6.25. The second kappa shape index (κ2) is 4.49. The molecule has 1 N–H and O–H groups in total. The maximum absolute atomic E-state index is 9.31. The van der Waals surface area contributed by atoms with E-state index in [-0.39, 0.29) is 6.61 Å². The molecule has 1 aliphatic rings. The molecule has 2 heterocycles. The molecule has 0 saturated carbocycles. The van der Waals surface area contributed by atoms with Gasteiger partial charge >= 0.3 is 7.12 Å². The molecular weight excluding hydrogens is 252 g/mol. The van der Waals surface area contributed by atoms with Crippen molar-refractivity contribution in [1.82, 2.24) is 4.98 Å². The Morgan fingerprint density at radius 1 is 1.28 bits per heavy atom. The van der Waals surface area contributed by atoms with Gasteiger partial charge in [-0.1, -0.05) is 11.6 Å². The minimum absolute atomic E-state index is 0.170. The van der Waals surface area contributed by atoms with E-state index in [1.807, 2.05) is 27.7 Å². The van der Waals surface area contributed by atoms with Gasteiger partial charge in [0, 0.05) is 11.7 Å². The zero-order chi connectivity index (χ0) is 13.6. The molecule has 0 radical (unpaired) electrons. The first-order valence-electron chi connectivity index (χ1n) is 5.87. The van der Waals surface area contributed by atoms with E-state index in [4.69, 9.17) is 20.9 Å². The highest BCUT2D eigenvalue weighted by molar-refractivity contribution is 6.62. The Morgan fingerprint density at radius 2 is 1.83 bits per heavy atom. The van der Waals surface area contributed by atoms with E-state index < -0.39 is 18.3 Å². The van der Waals surface area contributed by atoms with Crippen molar-refractivity contribution in [2.45, 2.75) is 45.5 Å². The van der Waals surface area contributed by atoms with Crippen LogP contribution in [0.4, 0.5) is 0 Å². The molecule has 18 heavy (non-hydrogen) atoms. The quantitative estimate of drug-likeness (QED) is 0.827. The second-order valence-electron chi connectivity index (χ2n) is 5.44. The van der Waals surface area contributed by atoms with E-state index in [1.54, 1.807) is 6.07 Å². The van der Waals surface area contributed by atoms with Crippen LogP contribution in [0.2, 0.25) is 5.02 Å². The summed E-state index contributed by atoms with van der Waals surface area (Å²) >= 11 is 5.94. The van der Waals surface area contributed by atoms with Crippen molar-refractivity contribution in [1.29, 1.82) is 0 Å². The molecule has 1 saturated heterocycles. The van der Waals surface area contributed by atoms with Crippen molar-refractivity contribution >= 4 is 24.2 Å².